The number of nitrogen functional groups attached to an aromatic ring is 1. The highest BCUT2D eigenvalue weighted by molar-refractivity contribution is 6.31. The average Bonchev–Trinajstić information content (AvgIpc) is 2.39. The summed E-state index contributed by atoms with van der Waals surface area (Å²) in [7, 11) is 1.66. The van der Waals surface area contributed by atoms with Gasteiger partial charge in [-0.1, -0.05) is 24.6 Å². The van der Waals surface area contributed by atoms with Crippen molar-refractivity contribution >= 4 is 17.3 Å². The Kier molecular flexibility index (Phi) is 3.78. The van der Waals surface area contributed by atoms with Crippen LogP contribution in [0.25, 0.3) is 11.1 Å². The molecule has 0 heterocycles. The first-order valence-electron chi connectivity index (χ1n) is 5.88. The summed E-state index contributed by atoms with van der Waals surface area (Å²) in [4.78, 5) is 0. The van der Waals surface area contributed by atoms with Crippen LogP contribution in [0.4, 0.5) is 5.69 Å². The number of benzene rings is 2. The second-order valence-corrected chi connectivity index (χ2v) is 4.55. The molecular formula is C15H16ClNO. The maximum atomic E-state index is 6.05. The molecule has 94 valence electrons. The van der Waals surface area contributed by atoms with Crippen molar-refractivity contribution < 1.29 is 4.74 Å². The highest BCUT2D eigenvalue weighted by atomic mass is 35.5. The summed E-state index contributed by atoms with van der Waals surface area (Å²) in [5, 5.41) is 0.695. The third-order valence-electron chi connectivity index (χ3n) is 3.00. The quantitative estimate of drug-likeness (QED) is 0.842. The van der Waals surface area contributed by atoms with Crippen LogP contribution >= 0.6 is 11.6 Å². The normalized spacial score (nSPS) is 10.4. The smallest absolute Gasteiger partial charge is 0.126 e. The summed E-state index contributed by atoms with van der Waals surface area (Å²) in [5.74, 6) is 0.811. The van der Waals surface area contributed by atoms with Crippen molar-refractivity contribution in [2.45, 2.75) is 13.3 Å². The van der Waals surface area contributed by atoms with Gasteiger partial charge in [0.1, 0.15) is 5.75 Å². The maximum Gasteiger partial charge on any atom is 0.126 e. The van der Waals surface area contributed by atoms with Gasteiger partial charge in [-0.2, -0.15) is 0 Å². The van der Waals surface area contributed by atoms with Crippen molar-refractivity contribution in [3.63, 3.8) is 0 Å². The first-order chi connectivity index (χ1) is 8.65. The van der Waals surface area contributed by atoms with Crippen molar-refractivity contribution in [1.29, 1.82) is 0 Å². The molecule has 2 nitrogen and oxygen atoms in total. The Morgan fingerprint density at radius 1 is 1.17 bits per heavy atom. The Morgan fingerprint density at radius 3 is 2.61 bits per heavy atom. The van der Waals surface area contributed by atoms with Crippen LogP contribution in [0.1, 0.15) is 12.5 Å². The number of anilines is 1. The summed E-state index contributed by atoms with van der Waals surface area (Å²) in [6, 6.07) is 11.6. The van der Waals surface area contributed by atoms with Gasteiger partial charge in [0.2, 0.25) is 0 Å². The highest BCUT2D eigenvalue weighted by Crippen LogP contribution is 2.33. The van der Waals surface area contributed by atoms with Crippen LogP contribution in [0.2, 0.25) is 5.02 Å². The van der Waals surface area contributed by atoms with E-state index in [0.717, 1.165) is 34.5 Å². The molecule has 2 N–H and O–H groups in total. The number of nitrogens with two attached hydrogens (primary N) is 1. The van der Waals surface area contributed by atoms with Gasteiger partial charge in [0, 0.05) is 16.3 Å². The van der Waals surface area contributed by atoms with Crippen molar-refractivity contribution in [2.75, 3.05) is 12.8 Å². The van der Waals surface area contributed by atoms with E-state index in [1.165, 1.54) is 0 Å². The molecule has 3 heteroatoms. The molecule has 0 spiro atoms. The van der Waals surface area contributed by atoms with Crippen LogP contribution in [0.15, 0.2) is 36.4 Å². The van der Waals surface area contributed by atoms with E-state index in [4.69, 9.17) is 22.1 Å². The number of ether oxygens (including phenoxy) is 1. The zero-order chi connectivity index (χ0) is 13.1. The van der Waals surface area contributed by atoms with Crippen molar-refractivity contribution in [2.24, 2.45) is 0 Å². The molecule has 0 radical (unpaired) electrons. The molecule has 18 heavy (non-hydrogen) atoms. The van der Waals surface area contributed by atoms with E-state index >= 15 is 0 Å². The van der Waals surface area contributed by atoms with Crippen LogP contribution < -0.4 is 10.5 Å². The lowest BCUT2D eigenvalue weighted by atomic mass is 10.00. The van der Waals surface area contributed by atoms with Crippen LogP contribution in [-0.2, 0) is 6.42 Å². The Balaban J connectivity index is 2.57. The van der Waals surface area contributed by atoms with E-state index in [9.17, 15) is 0 Å². The fraction of sp³-hybridized carbons (Fsp3) is 0.200. The molecule has 0 atom stereocenters. The van der Waals surface area contributed by atoms with Gasteiger partial charge in [0.15, 0.2) is 0 Å². The molecule has 0 fully saturated rings. The lowest BCUT2D eigenvalue weighted by Crippen LogP contribution is -1.94. The van der Waals surface area contributed by atoms with E-state index in [2.05, 4.69) is 13.0 Å². The van der Waals surface area contributed by atoms with Crippen LogP contribution in [0.5, 0.6) is 5.75 Å². The molecule has 0 aliphatic rings. The standard InChI is InChI=1S/C15H16ClNO/c1-3-10-8-11(4-6-14(10)17)13-9-12(16)5-7-15(13)18-2/h4-9H,3,17H2,1-2H3. The third kappa shape index (κ3) is 2.44. The Labute approximate surface area is 112 Å². The van der Waals surface area contributed by atoms with E-state index in [-0.39, 0.29) is 0 Å². The highest BCUT2D eigenvalue weighted by Gasteiger charge is 2.08. The summed E-state index contributed by atoms with van der Waals surface area (Å²) >= 11 is 6.05. The van der Waals surface area contributed by atoms with Crippen molar-refractivity contribution in [3.8, 4) is 16.9 Å². The zero-order valence-electron chi connectivity index (χ0n) is 10.5. The first-order valence-corrected chi connectivity index (χ1v) is 6.25. The van der Waals surface area contributed by atoms with Crippen molar-refractivity contribution in [1.82, 2.24) is 0 Å². The van der Waals surface area contributed by atoms with Gasteiger partial charge in [0.05, 0.1) is 7.11 Å². The zero-order valence-corrected chi connectivity index (χ0v) is 11.3. The van der Waals surface area contributed by atoms with Gasteiger partial charge in [-0.05, 0) is 47.9 Å². The van der Waals surface area contributed by atoms with E-state index < -0.39 is 0 Å². The van der Waals surface area contributed by atoms with Gasteiger partial charge in [-0.3, -0.25) is 0 Å². The molecule has 0 amide bonds. The SMILES string of the molecule is CCc1cc(-c2cc(Cl)ccc2OC)ccc1N. The molecule has 0 saturated heterocycles. The minimum Gasteiger partial charge on any atom is -0.496 e. The molecule has 0 bridgehead atoms. The predicted octanol–water partition coefficient (Wildman–Crippen LogP) is 4.16. The van der Waals surface area contributed by atoms with Crippen LogP contribution in [-0.4, -0.2) is 7.11 Å². The number of aryl methyl sites for hydroxylation is 1. The second kappa shape index (κ2) is 5.32. The van der Waals surface area contributed by atoms with E-state index in [1.54, 1.807) is 7.11 Å². The van der Waals surface area contributed by atoms with Crippen molar-refractivity contribution in [3.05, 3.63) is 47.0 Å². The number of hydrogen-bond donors (Lipinski definition) is 1. The van der Waals surface area contributed by atoms with Gasteiger partial charge in [-0.15, -0.1) is 0 Å². The van der Waals surface area contributed by atoms with Gasteiger partial charge < -0.3 is 10.5 Å². The van der Waals surface area contributed by atoms with Crippen LogP contribution in [0.3, 0.4) is 0 Å². The topological polar surface area (TPSA) is 35.2 Å². The first kappa shape index (κ1) is 12.8. The van der Waals surface area contributed by atoms with E-state index in [0.29, 0.717) is 5.02 Å². The summed E-state index contributed by atoms with van der Waals surface area (Å²) < 4.78 is 5.37. The number of methoxy groups -OCH3 is 1. The Morgan fingerprint density at radius 2 is 1.94 bits per heavy atom. The molecule has 0 aromatic heterocycles. The second-order valence-electron chi connectivity index (χ2n) is 4.11. The van der Waals surface area contributed by atoms with Gasteiger partial charge >= 0.3 is 0 Å². The molecule has 2 aromatic carbocycles. The molecule has 0 saturated carbocycles. The van der Waals surface area contributed by atoms with Gasteiger partial charge in [-0.25, -0.2) is 0 Å². The van der Waals surface area contributed by atoms with Gasteiger partial charge in [0.25, 0.3) is 0 Å². The Bertz CT molecular complexity index is 566. The number of hydrogen-bond acceptors (Lipinski definition) is 2. The molecule has 2 rings (SSSR count). The lowest BCUT2D eigenvalue weighted by molar-refractivity contribution is 0.416. The molecular weight excluding hydrogens is 246 g/mol. The summed E-state index contributed by atoms with van der Waals surface area (Å²) in [6.45, 7) is 2.09. The Hall–Kier alpha value is -1.67. The minimum absolute atomic E-state index is 0.695. The fourth-order valence-electron chi connectivity index (χ4n) is 1.99. The van der Waals surface area contributed by atoms with Crippen LogP contribution in [0, 0.1) is 0 Å². The monoisotopic (exact) mass is 261 g/mol. The largest absolute Gasteiger partial charge is 0.496 e. The third-order valence-corrected chi connectivity index (χ3v) is 3.23. The summed E-state index contributed by atoms with van der Waals surface area (Å²) in [6.07, 6.45) is 0.905. The number of halogens is 1. The fourth-order valence-corrected chi connectivity index (χ4v) is 2.16. The minimum atomic E-state index is 0.695. The molecule has 2 aromatic rings. The predicted molar refractivity (Wildman–Crippen MR) is 77.2 cm³/mol. The molecule has 0 aliphatic heterocycles. The van der Waals surface area contributed by atoms with E-state index in [1.807, 2.05) is 30.3 Å². The average molecular weight is 262 g/mol. The maximum absolute atomic E-state index is 6.05. The lowest BCUT2D eigenvalue weighted by Gasteiger charge is -2.11. The number of rotatable bonds is 3. The molecule has 0 aliphatic carbocycles. The summed E-state index contributed by atoms with van der Waals surface area (Å²) in [5.41, 5.74) is 9.93. The molecule has 0 unspecified atom stereocenters.